The second kappa shape index (κ2) is 39.1. The van der Waals surface area contributed by atoms with E-state index >= 15 is 0 Å². The summed E-state index contributed by atoms with van der Waals surface area (Å²) < 4.78 is 0. The Balaban J connectivity index is -0.0000000267. The molecule has 0 heterocycles. The third kappa shape index (κ3) is 68.1. The Kier molecular flexibility index (Phi) is 87.9. The molecule has 0 fully saturated rings. The minimum atomic E-state index is 0. The normalized spacial score (nSPS) is 6.46. The molecule has 0 aromatic rings. The maximum absolute atomic E-state index is 3.68. The first-order valence-electron chi connectivity index (χ1n) is 4.41. The van der Waals surface area contributed by atoms with Gasteiger partial charge in [0, 0.05) is 0 Å². The first-order chi connectivity index (χ1) is 4.83. The van der Waals surface area contributed by atoms with Crippen molar-refractivity contribution in [1.82, 2.24) is 0 Å². The fourth-order valence-corrected chi connectivity index (χ4v) is 0.500. The Morgan fingerprint density at radius 2 is 1.00 bits per heavy atom. The molecule has 4 heteroatoms. The number of halogens is 2. The highest BCUT2D eigenvalue weighted by Gasteiger charge is 1.71. The van der Waals surface area contributed by atoms with E-state index in [1.165, 1.54) is 25.7 Å². The third-order valence-electron chi connectivity index (χ3n) is 1.21. The molecule has 0 atom stereocenters. The molecule has 0 spiro atoms. The Morgan fingerprint density at radius 1 is 0.769 bits per heavy atom. The monoisotopic (exact) mass is 234 g/mol. The second-order valence-corrected chi connectivity index (χ2v) is 2.41. The molecule has 0 aliphatic rings. The van der Waals surface area contributed by atoms with Gasteiger partial charge in [0.15, 0.2) is 0 Å². The van der Waals surface area contributed by atoms with Crippen LogP contribution in [0.5, 0.6) is 0 Å². The highest BCUT2D eigenvalue weighted by molar-refractivity contribution is 4.22. The van der Waals surface area contributed by atoms with Crippen LogP contribution in [0.3, 0.4) is 0 Å². The summed E-state index contributed by atoms with van der Waals surface area (Å²) in [5.74, 6) is 0. The predicted octanol–water partition coefficient (Wildman–Crippen LogP) is -5.30. The summed E-state index contributed by atoms with van der Waals surface area (Å²) >= 11 is 0. The van der Waals surface area contributed by atoms with Crippen molar-refractivity contribution in [3.05, 3.63) is 0 Å². The van der Waals surface area contributed by atoms with Crippen molar-refractivity contribution in [1.29, 1.82) is 0 Å². The van der Waals surface area contributed by atoms with E-state index in [0.29, 0.717) is 0 Å². The Bertz CT molecular complexity index is 36.6. The first-order valence-corrected chi connectivity index (χ1v) is 4.41. The van der Waals surface area contributed by atoms with E-state index in [4.69, 9.17) is 0 Å². The van der Waals surface area contributed by atoms with Gasteiger partial charge in [-0.3, -0.25) is 0 Å². The zero-order valence-corrected chi connectivity index (χ0v) is 9.92. The van der Waals surface area contributed by atoms with Crippen LogP contribution in [0.4, 0.5) is 0 Å². The summed E-state index contributed by atoms with van der Waals surface area (Å²) in [5.41, 5.74) is 7.35. The van der Waals surface area contributed by atoms with Gasteiger partial charge in [0.1, 0.15) is 0 Å². The van der Waals surface area contributed by atoms with Crippen molar-refractivity contribution in [2.45, 2.75) is 47.0 Å². The van der Waals surface area contributed by atoms with Crippen LogP contribution in [-0.4, -0.2) is 13.1 Å². The molecule has 2 nitrogen and oxygen atoms in total. The van der Waals surface area contributed by atoms with Gasteiger partial charge in [0.05, 0.1) is 13.1 Å². The second-order valence-electron chi connectivity index (χ2n) is 2.41. The van der Waals surface area contributed by atoms with Crippen LogP contribution < -0.4 is 36.3 Å². The highest BCUT2D eigenvalue weighted by atomic mass is 35.5. The van der Waals surface area contributed by atoms with Crippen molar-refractivity contribution in [3.63, 3.8) is 0 Å². The average Bonchev–Trinajstić information content (AvgIpc) is 1.93. The molecule has 88 valence electrons. The van der Waals surface area contributed by atoms with Crippen molar-refractivity contribution >= 4 is 0 Å². The van der Waals surface area contributed by atoms with E-state index < -0.39 is 0 Å². The molecule has 0 unspecified atom stereocenters. The number of hydrogen-bond donors (Lipinski definition) is 2. The summed E-state index contributed by atoms with van der Waals surface area (Å²) in [5, 5.41) is 0. The summed E-state index contributed by atoms with van der Waals surface area (Å²) in [6.07, 6.45) is 5.12. The zero-order chi connectivity index (χ0) is 8.24. The predicted molar refractivity (Wildman–Crippen MR) is 52.1 cm³/mol. The zero-order valence-electron chi connectivity index (χ0n) is 8.41. The summed E-state index contributed by atoms with van der Waals surface area (Å²) in [7, 11) is 0. The van der Waals surface area contributed by atoms with Crippen LogP contribution in [0.25, 0.3) is 0 Å². The lowest BCUT2D eigenvalue weighted by Crippen LogP contribution is -3.00. The SMILES string of the molecule is C.CCCC[NH3+].CCCC[NH3+].[Cl-].[Cl-]. The van der Waals surface area contributed by atoms with Gasteiger partial charge in [-0.25, -0.2) is 0 Å². The minimum Gasteiger partial charge on any atom is -1.00 e. The molecule has 0 aliphatic heterocycles. The summed E-state index contributed by atoms with van der Waals surface area (Å²) in [6, 6.07) is 0. The van der Waals surface area contributed by atoms with Crippen molar-refractivity contribution < 1.29 is 36.3 Å². The third-order valence-corrected chi connectivity index (χ3v) is 1.21. The van der Waals surface area contributed by atoms with E-state index in [1.54, 1.807) is 0 Å². The lowest BCUT2D eigenvalue weighted by Gasteiger charge is -1.77. The lowest BCUT2D eigenvalue weighted by molar-refractivity contribution is -0.368. The molecule has 6 N–H and O–H groups in total. The van der Waals surface area contributed by atoms with E-state index in [1.807, 2.05) is 0 Å². The van der Waals surface area contributed by atoms with Gasteiger partial charge < -0.3 is 36.3 Å². The maximum Gasteiger partial charge on any atom is 0.0739 e. The van der Waals surface area contributed by atoms with Crippen LogP contribution in [-0.2, 0) is 0 Å². The molecule has 0 saturated heterocycles. The van der Waals surface area contributed by atoms with Crippen LogP contribution in [0.2, 0.25) is 0 Å². The molecule has 0 rings (SSSR count). The van der Waals surface area contributed by atoms with Crippen LogP contribution in [0.1, 0.15) is 47.0 Å². The largest absolute Gasteiger partial charge is 1.00 e. The fraction of sp³-hybridized carbons (Fsp3) is 1.00. The number of unbranched alkanes of at least 4 members (excludes halogenated alkanes) is 2. The van der Waals surface area contributed by atoms with Gasteiger partial charge in [-0.1, -0.05) is 34.1 Å². The smallest absolute Gasteiger partial charge is 0.0739 e. The van der Waals surface area contributed by atoms with Crippen molar-refractivity contribution in [2.24, 2.45) is 0 Å². The quantitative estimate of drug-likeness (QED) is 0.489. The van der Waals surface area contributed by atoms with Gasteiger partial charge in [0.2, 0.25) is 0 Å². The lowest BCUT2D eigenvalue weighted by atomic mass is 10.3. The average molecular weight is 235 g/mol. The van der Waals surface area contributed by atoms with Crippen molar-refractivity contribution in [2.75, 3.05) is 13.1 Å². The molecule has 0 aromatic carbocycles. The van der Waals surface area contributed by atoms with E-state index in [0.717, 1.165) is 13.1 Å². The first kappa shape index (κ1) is 29.2. The molecule has 0 radical (unpaired) electrons. The number of hydrogen-bond acceptors (Lipinski definition) is 0. The van der Waals surface area contributed by atoms with Gasteiger partial charge in [0.25, 0.3) is 0 Å². The number of quaternary nitrogens is 2. The number of rotatable bonds is 4. The molecular weight excluding hydrogens is 207 g/mol. The van der Waals surface area contributed by atoms with E-state index in [9.17, 15) is 0 Å². The Labute approximate surface area is 96.7 Å². The fourth-order valence-electron chi connectivity index (χ4n) is 0.500. The van der Waals surface area contributed by atoms with E-state index in [2.05, 4.69) is 25.3 Å². The van der Waals surface area contributed by atoms with Gasteiger partial charge in [-0.15, -0.1) is 0 Å². The minimum absolute atomic E-state index is 0. The molecular formula is C9H28Cl2N2. The molecule has 0 amide bonds. The summed E-state index contributed by atoms with van der Waals surface area (Å²) in [4.78, 5) is 0. The molecule has 0 aliphatic carbocycles. The van der Waals surface area contributed by atoms with Gasteiger partial charge >= 0.3 is 0 Å². The Hall–Kier alpha value is 0.500. The molecule has 0 aromatic heterocycles. The van der Waals surface area contributed by atoms with Crippen molar-refractivity contribution in [3.8, 4) is 0 Å². The van der Waals surface area contributed by atoms with Gasteiger partial charge in [-0.2, -0.15) is 0 Å². The molecule has 13 heavy (non-hydrogen) atoms. The van der Waals surface area contributed by atoms with Crippen LogP contribution >= 0.6 is 0 Å². The Morgan fingerprint density at radius 3 is 1.00 bits per heavy atom. The molecule has 0 saturated carbocycles. The summed E-state index contributed by atoms with van der Waals surface area (Å²) in [6.45, 7) is 6.53. The van der Waals surface area contributed by atoms with Gasteiger partial charge in [-0.05, 0) is 12.8 Å². The maximum atomic E-state index is 3.68. The van der Waals surface area contributed by atoms with Crippen LogP contribution in [0.15, 0.2) is 0 Å². The molecule has 0 bridgehead atoms. The standard InChI is InChI=1S/2C4H11N.CH4.2ClH/c2*1-2-3-4-5;;;/h2*2-5H2,1H3;1H4;2*1H. The van der Waals surface area contributed by atoms with Crippen LogP contribution in [0, 0.1) is 0 Å². The topological polar surface area (TPSA) is 55.3 Å². The van der Waals surface area contributed by atoms with E-state index in [-0.39, 0.29) is 32.2 Å². The highest BCUT2D eigenvalue weighted by Crippen LogP contribution is 1.76.